The average Bonchev–Trinajstić information content (AvgIpc) is 2.98. The molecule has 3 amide bonds. The molecule has 2 aliphatic rings. The van der Waals surface area contributed by atoms with Crippen molar-refractivity contribution < 1.29 is 24.2 Å². The van der Waals surface area contributed by atoms with E-state index >= 15 is 0 Å². The maximum absolute atomic E-state index is 13.1. The molecule has 1 spiro atoms. The van der Waals surface area contributed by atoms with Gasteiger partial charge in [0.15, 0.2) is 0 Å². The Morgan fingerprint density at radius 2 is 1.87 bits per heavy atom. The monoisotopic (exact) mass is 432 g/mol. The predicted molar refractivity (Wildman–Crippen MR) is 118 cm³/mol. The minimum Gasteiger partial charge on any atom is -0.497 e. The van der Waals surface area contributed by atoms with Crippen molar-refractivity contribution in [3.63, 3.8) is 0 Å². The lowest BCUT2D eigenvalue weighted by Gasteiger charge is -2.42. The maximum Gasteiger partial charge on any atom is 0.325 e. The first kappa shape index (κ1) is 23.5. The molecule has 7 heteroatoms. The van der Waals surface area contributed by atoms with Crippen LogP contribution in [-0.4, -0.2) is 53.8 Å². The molecule has 1 aliphatic heterocycles. The molecule has 2 fully saturated rings. The number of methoxy groups -OCH3 is 1. The van der Waals surface area contributed by atoms with Gasteiger partial charge in [-0.15, -0.1) is 0 Å². The number of β-amino-alcohol motifs (C(OH)–C–C–N with tert-alkyl or cyclic N) is 1. The zero-order valence-corrected chi connectivity index (χ0v) is 19.1. The molecule has 1 atom stereocenters. The first-order valence-electron chi connectivity index (χ1n) is 11.2. The normalized spacial score (nSPS) is 25.1. The molecule has 3 rings (SSSR count). The van der Waals surface area contributed by atoms with Crippen LogP contribution in [0.3, 0.4) is 0 Å². The molecule has 1 saturated heterocycles. The van der Waals surface area contributed by atoms with Gasteiger partial charge in [-0.3, -0.25) is 9.69 Å². The Bertz CT molecular complexity index is 769. The molecular weight excluding hydrogens is 396 g/mol. The van der Waals surface area contributed by atoms with Gasteiger partial charge in [0.25, 0.3) is 5.91 Å². The molecule has 31 heavy (non-hydrogen) atoms. The smallest absolute Gasteiger partial charge is 0.325 e. The molecular formula is C24H36N2O5. The summed E-state index contributed by atoms with van der Waals surface area (Å²) < 4.78 is 10.7. The number of amides is 3. The highest BCUT2D eigenvalue weighted by molar-refractivity contribution is 6.07. The Kier molecular flexibility index (Phi) is 7.27. The van der Waals surface area contributed by atoms with Crippen LogP contribution in [0.4, 0.5) is 4.79 Å². The summed E-state index contributed by atoms with van der Waals surface area (Å²) in [6, 6.07) is 7.06. The van der Waals surface area contributed by atoms with Crippen LogP contribution in [0.15, 0.2) is 24.3 Å². The number of benzene rings is 1. The molecule has 1 aromatic carbocycles. The van der Waals surface area contributed by atoms with Gasteiger partial charge in [0.1, 0.15) is 11.3 Å². The molecule has 1 heterocycles. The Labute approximate surface area is 185 Å². The van der Waals surface area contributed by atoms with E-state index in [1.807, 2.05) is 24.3 Å². The van der Waals surface area contributed by atoms with E-state index in [-0.39, 0.29) is 24.5 Å². The average molecular weight is 433 g/mol. The highest BCUT2D eigenvalue weighted by atomic mass is 16.5. The van der Waals surface area contributed by atoms with Crippen molar-refractivity contribution in [1.82, 2.24) is 10.2 Å². The van der Waals surface area contributed by atoms with Crippen LogP contribution in [0.5, 0.6) is 5.75 Å². The van der Waals surface area contributed by atoms with E-state index in [1.165, 1.54) is 0 Å². The Morgan fingerprint density at radius 3 is 2.45 bits per heavy atom. The zero-order valence-electron chi connectivity index (χ0n) is 19.1. The second kappa shape index (κ2) is 9.57. The summed E-state index contributed by atoms with van der Waals surface area (Å²) in [5.41, 5.74) is 0.388. The SMILES string of the molecule is CCC(C)(C)C1CCC2(CC1)NC(=O)N(C[C@@H](O)COCc1ccc(OC)cc1)C2=O. The number of nitrogens with zero attached hydrogens (tertiary/aromatic N) is 1. The van der Waals surface area contributed by atoms with E-state index in [2.05, 4.69) is 26.1 Å². The molecule has 172 valence electrons. The fourth-order valence-corrected chi connectivity index (χ4v) is 4.66. The predicted octanol–water partition coefficient (Wildman–Crippen LogP) is 3.49. The third kappa shape index (κ3) is 5.21. The molecule has 0 aromatic heterocycles. The van der Waals surface area contributed by atoms with Gasteiger partial charge >= 0.3 is 6.03 Å². The Hall–Kier alpha value is -2.12. The number of hydrogen-bond donors (Lipinski definition) is 2. The number of ether oxygens (including phenoxy) is 2. The van der Waals surface area contributed by atoms with Crippen molar-refractivity contribution in [3.05, 3.63) is 29.8 Å². The molecule has 0 bridgehead atoms. The quantitative estimate of drug-likeness (QED) is 0.583. The van der Waals surface area contributed by atoms with Gasteiger partial charge in [-0.05, 0) is 54.7 Å². The lowest BCUT2D eigenvalue weighted by Crippen LogP contribution is -2.51. The minimum atomic E-state index is -0.932. The maximum atomic E-state index is 13.1. The number of rotatable bonds is 9. The summed E-state index contributed by atoms with van der Waals surface area (Å²) >= 11 is 0. The standard InChI is InChI=1S/C24H36N2O5/c1-5-23(2,3)18-10-12-24(13-11-18)21(28)26(22(29)25-24)14-19(27)16-31-15-17-6-8-20(30-4)9-7-17/h6-9,18-19,27H,5,10-16H2,1-4H3,(H,25,29)/t18?,19-,24?/m1/s1. The number of carbonyl (C=O) groups excluding carboxylic acids is 2. The van der Waals surface area contributed by atoms with Gasteiger partial charge in [-0.1, -0.05) is 39.3 Å². The Balaban J connectivity index is 1.49. The number of imide groups is 1. The second-order valence-electron chi connectivity index (χ2n) is 9.56. The van der Waals surface area contributed by atoms with Gasteiger partial charge in [0, 0.05) is 0 Å². The molecule has 1 saturated carbocycles. The van der Waals surface area contributed by atoms with Crippen LogP contribution in [0, 0.1) is 11.3 Å². The van der Waals surface area contributed by atoms with Crippen molar-refractivity contribution >= 4 is 11.9 Å². The third-order valence-electron chi connectivity index (χ3n) is 7.23. The zero-order chi connectivity index (χ0) is 22.6. The van der Waals surface area contributed by atoms with Crippen molar-refractivity contribution in [2.24, 2.45) is 11.3 Å². The summed E-state index contributed by atoms with van der Waals surface area (Å²) in [6.07, 6.45) is 3.33. The van der Waals surface area contributed by atoms with E-state index in [9.17, 15) is 14.7 Å². The molecule has 2 N–H and O–H groups in total. The van der Waals surface area contributed by atoms with Crippen LogP contribution in [-0.2, 0) is 16.1 Å². The summed E-state index contributed by atoms with van der Waals surface area (Å²) in [6.45, 7) is 7.08. The second-order valence-corrected chi connectivity index (χ2v) is 9.56. The minimum absolute atomic E-state index is 0.0445. The van der Waals surface area contributed by atoms with Crippen LogP contribution < -0.4 is 10.1 Å². The summed E-state index contributed by atoms with van der Waals surface area (Å²) in [4.78, 5) is 26.8. The molecule has 0 radical (unpaired) electrons. The lowest BCUT2D eigenvalue weighted by molar-refractivity contribution is -0.134. The van der Waals surface area contributed by atoms with Gasteiger partial charge < -0.3 is 19.9 Å². The van der Waals surface area contributed by atoms with Gasteiger partial charge in [0.05, 0.1) is 33.0 Å². The van der Waals surface area contributed by atoms with Crippen molar-refractivity contribution in [2.45, 2.75) is 71.1 Å². The fraction of sp³-hybridized carbons (Fsp3) is 0.667. The number of urea groups is 1. The highest BCUT2D eigenvalue weighted by Gasteiger charge is 2.53. The first-order valence-corrected chi connectivity index (χ1v) is 11.2. The van der Waals surface area contributed by atoms with Crippen LogP contribution in [0.25, 0.3) is 0 Å². The molecule has 7 nitrogen and oxygen atoms in total. The van der Waals surface area contributed by atoms with Gasteiger partial charge in [-0.2, -0.15) is 0 Å². The molecule has 1 aliphatic carbocycles. The van der Waals surface area contributed by atoms with Crippen molar-refractivity contribution in [1.29, 1.82) is 0 Å². The van der Waals surface area contributed by atoms with Gasteiger partial charge in [-0.25, -0.2) is 4.79 Å². The largest absolute Gasteiger partial charge is 0.497 e. The summed E-state index contributed by atoms with van der Waals surface area (Å²) in [7, 11) is 1.61. The van der Waals surface area contributed by atoms with Crippen molar-refractivity contribution in [2.75, 3.05) is 20.3 Å². The molecule has 1 aromatic rings. The van der Waals surface area contributed by atoms with E-state index in [0.29, 0.717) is 25.4 Å². The fourth-order valence-electron chi connectivity index (χ4n) is 4.66. The lowest BCUT2D eigenvalue weighted by atomic mass is 9.65. The van der Waals surface area contributed by atoms with E-state index in [1.54, 1.807) is 7.11 Å². The summed E-state index contributed by atoms with van der Waals surface area (Å²) in [5.74, 6) is 1.11. The number of carbonyl (C=O) groups is 2. The van der Waals surface area contributed by atoms with Crippen LogP contribution in [0.1, 0.15) is 58.4 Å². The number of aliphatic hydroxyl groups is 1. The van der Waals surface area contributed by atoms with E-state index < -0.39 is 17.7 Å². The topological polar surface area (TPSA) is 88.1 Å². The van der Waals surface area contributed by atoms with Gasteiger partial charge in [0.2, 0.25) is 0 Å². The van der Waals surface area contributed by atoms with Crippen LogP contribution in [0.2, 0.25) is 0 Å². The first-order chi connectivity index (χ1) is 14.7. The molecule has 0 unspecified atom stereocenters. The van der Waals surface area contributed by atoms with E-state index in [0.717, 1.165) is 35.5 Å². The number of hydrogen-bond acceptors (Lipinski definition) is 5. The van der Waals surface area contributed by atoms with E-state index in [4.69, 9.17) is 9.47 Å². The number of nitrogens with one attached hydrogen (secondary N) is 1. The summed E-state index contributed by atoms with van der Waals surface area (Å²) in [5, 5.41) is 13.3. The number of aliphatic hydroxyl groups excluding tert-OH is 1. The third-order valence-corrected chi connectivity index (χ3v) is 7.23. The highest BCUT2D eigenvalue weighted by Crippen LogP contribution is 2.45. The Morgan fingerprint density at radius 1 is 1.23 bits per heavy atom. The van der Waals surface area contributed by atoms with Crippen molar-refractivity contribution in [3.8, 4) is 5.75 Å². The van der Waals surface area contributed by atoms with Crippen LogP contribution >= 0.6 is 0 Å².